The lowest BCUT2D eigenvalue weighted by Gasteiger charge is -2.06. The third-order valence-corrected chi connectivity index (χ3v) is 3.03. The molecule has 1 heterocycles. The van der Waals surface area contributed by atoms with Crippen molar-refractivity contribution in [2.45, 2.75) is 32.7 Å². The average molecular weight is 214 g/mol. The minimum Gasteiger partial charge on any atom is -0.480 e. The number of hydrogen-bond donors (Lipinski definition) is 2. The lowest BCUT2D eigenvalue weighted by molar-refractivity contribution is -0.137. The van der Waals surface area contributed by atoms with Crippen molar-refractivity contribution < 1.29 is 9.90 Å². The molecule has 1 rings (SSSR count). The Morgan fingerprint density at radius 2 is 2.21 bits per heavy atom. The highest BCUT2D eigenvalue weighted by molar-refractivity contribution is 7.15. The number of anilines is 1. The molecular formula is C9H14N2O2S. The van der Waals surface area contributed by atoms with E-state index in [9.17, 15) is 4.79 Å². The van der Waals surface area contributed by atoms with Gasteiger partial charge < -0.3 is 10.4 Å². The fourth-order valence-electron chi connectivity index (χ4n) is 0.867. The maximum atomic E-state index is 10.6. The molecule has 0 aliphatic rings. The summed E-state index contributed by atoms with van der Waals surface area (Å²) in [7, 11) is 0. The van der Waals surface area contributed by atoms with Crippen LogP contribution in [0.2, 0.25) is 0 Å². The van der Waals surface area contributed by atoms with Crippen LogP contribution in [0.25, 0.3) is 0 Å². The van der Waals surface area contributed by atoms with Crippen molar-refractivity contribution in [2.75, 3.05) is 5.32 Å². The van der Waals surface area contributed by atoms with Gasteiger partial charge >= 0.3 is 5.97 Å². The first kappa shape index (κ1) is 11.0. The zero-order valence-corrected chi connectivity index (χ0v) is 9.26. The molecule has 1 aromatic heterocycles. The van der Waals surface area contributed by atoms with Crippen LogP contribution in [-0.2, 0) is 4.79 Å². The minimum atomic E-state index is -0.869. The molecule has 0 bridgehead atoms. The molecule has 0 aliphatic heterocycles. The predicted molar refractivity (Wildman–Crippen MR) is 56.9 cm³/mol. The Kier molecular flexibility index (Phi) is 3.46. The first-order valence-corrected chi connectivity index (χ1v) is 5.27. The van der Waals surface area contributed by atoms with Gasteiger partial charge in [-0.1, -0.05) is 13.8 Å². The highest BCUT2D eigenvalue weighted by Gasteiger charge is 2.12. The molecule has 5 heteroatoms. The molecule has 0 fully saturated rings. The van der Waals surface area contributed by atoms with E-state index in [1.807, 2.05) is 0 Å². The first-order chi connectivity index (χ1) is 6.50. The summed E-state index contributed by atoms with van der Waals surface area (Å²) in [6.45, 7) is 5.76. The van der Waals surface area contributed by atoms with Gasteiger partial charge in [0.1, 0.15) is 6.04 Å². The molecule has 4 nitrogen and oxygen atoms in total. The maximum Gasteiger partial charge on any atom is 0.325 e. The zero-order valence-electron chi connectivity index (χ0n) is 8.44. The molecule has 1 aromatic rings. The predicted octanol–water partition coefficient (Wildman–Crippen LogP) is 2.15. The standard InChI is InChI=1S/C9H14N2O2S/c1-5(2)7-4-10-9(14-7)11-6(3)8(12)13/h4-6H,1-3H3,(H,10,11)(H,12,13)/t6-/m1/s1. The highest BCUT2D eigenvalue weighted by Crippen LogP contribution is 2.25. The topological polar surface area (TPSA) is 62.2 Å². The Morgan fingerprint density at radius 1 is 1.57 bits per heavy atom. The molecule has 0 saturated carbocycles. The van der Waals surface area contributed by atoms with Gasteiger partial charge in [-0.3, -0.25) is 4.79 Å². The normalized spacial score (nSPS) is 12.9. The Labute approximate surface area is 87.0 Å². The second-order valence-electron chi connectivity index (χ2n) is 3.43. The largest absolute Gasteiger partial charge is 0.480 e. The van der Waals surface area contributed by atoms with Gasteiger partial charge in [-0.25, -0.2) is 4.98 Å². The summed E-state index contributed by atoms with van der Waals surface area (Å²) in [5.74, 6) is -0.436. The summed E-state index contributed by atoms with van der Waals surface area (Å²) < 4.78 is 0. The molecule has 0 aliphatic carbocycles. The number of thiazole rings is 1. The van der Waals surface area contributed by atoms with Crippen LogP contribution in [0.4, 0.5) is 5.13 Å². The SMILES string of the molecule is CC(C)c1cnc(N[C@H](C)C(=O)O)s1. The van der Waals surface area contributed by atoms with Gasteiger partial charge in [-0.15, -0.1) is 11.3 Å². The third-order valence-electron chi connectivity index (χ3n) is 1.80. The minimum absolute atomic E-state index is 0.434. The van der Waals surface area contributed by atoms with Crippen LogP contribution in [0.5, 0.6) is 0 Å². The second-order valence-corrected chi connectivity index (χ2v) is 4.49. The van der Waals surface area contributed by atoms with Crippen molar-refractivity contribution >= 4 is 22.4 Å². The molecule has 0 saturated heterocycles. The lowest BCUT2D eigenvalue weighted by Crippen LogP contribution is -2.25. The quantitative estimate of drug-likeness (QED) is 0.806. The van der Waals surface area contributed by atoms with Crippen molar-refractivity contribution in [1.29, 1.82) is 0 Å². The van der Waals surface area contributed by atoms with E-state index in [2.05, 4.69) is 24.1 Å². The van der Waals surface area contributed by atoms with Crippen molar-refractivity contribution in [3.8, 4) is 0 Å². The summed E-state index contributed by atoms with van der Waals surface area (Å²) >= 11 is 1.50. The van der Waals surface area contributed by atoms with Crippen molar-refractivity contribution in [3.05, 3.63) is 11.1 Å². The molecule has 14 heavy (non-hydrogen) atoms. The summed E-state index contributed by atoms with van der Waals surface area (Å²) in [6, 6.07) is -0.596. The monoisotopic (exact) mass is 214 g/mol. The molecular weight excluding hydrogens is 200 g/mol. The first-order valence-electron chi connectivity index (χ1n) is 4.45. The van der Waals surface area contributed by atoms with Gasteiger partial charge in [0.15, 0.2) is 5.13 Å². The molecule has 0 amide bonds. The van der Waals surface area contributed by atoms with E-state index < -0.39 is 12.0 Å². The molecule has 0 unspecified atom stereocenters. The van der Waals surface area contributed by atoms with Crippen LogP contribution in [-0.4, -0.2) is 22.1 Å². The van der Waals surface area contributed by atoms with E-state index in [0.29, 0.717) is 11.0 Å². The van der Waals surface area contributed by atoms with Gasteiger partial charge in [0.25, 0.3) is 0 Å². The van der Waals surface area contributed by atoms with E-state index in [1.54, 1.807) is 13.1 Å². The molecule has 78 valence electrons. The Bertz CT molecular complexity index is 322. The number of rotatable bonds is 4. The number of aromatic nitrogens is 1. The van der Waals surface area contributed by atoms with Crippen molar-refractivity contribution in [3.63, 3.8) is 0 Å². The van der Waals surface area contributed by atoms with Crippen molar-refractivity contribution in [1.82, 2.24) is 4.98 Å². The Balaban J connectivity index is 2.64. The van der Waals surface area contributed by atoms with E-state index in [0.717, 1.165) is 4.88 Å². The van der Waals surface area contributed by atoms with E-state index in [4.69, 9.17) is 5.11 Å². The zero-order chi connectivity index (χ0) is 10.7. The van der Waals surface area contributed by atoms with Gasteiger partial charge in [0, 0.05) is 11.1 Å². The summed E-state index contributed by atoms with van der Waals surface area (Å²) in [4.78, 5) is 15.8. The number of hydrogen-bond acceptors (Lipinski definition) is 4. The number of carboxylic acid groups (broad SMARTS) is 1. The molecule has 0 aromatic carbocycles. The van der Waals surface area contributed by atoms with Crippen LogP contribution in [0.1, 0.15) is 31.6 Å². The fourth-order valence-corrected chi connectivity index (χ4v) is 1.77. The van der Waals surface area contributed by atoms with E-state index in [1.165, 1.54) is 11.3 Å². The number of nitrogens with one attached hydrogen (secondary N) is 1. The fraction of sp³-hybridized carbons (Fsp3) is 0.556. The lowest BCUT2D eigenvalue weighted by atomic mass is 10.2. The van der Waals surface area contributed by atoms with E-state index >= 15 is 0 Å². The average Bonchev–Trinajstić information content (AvgIpc) is 2.52. The Hall–Kier alpha value is -1.10. The smallest absolute Gasteiger partial charge is 0.325 e. The van der Waals surface area contributed by atoms with Crippen LogP contribution in [0.15, 0.2) is 6.20 Å². The molecule has 1 atom stereocenters. The molecule has 0 radical (unpaired) electrons. The summed E-state index contributed by atoms with van der Waals surface area (Å²) in [5, 5.41) is 12.2. The number of nitrogens with zero attached hydrogens (tertiary/aromatic N) is 1. The van der Waals surface area contributed by atoms with Gasteiger partial charge in [-0.2, -0.15) is 0 Å². The van der Waals surface area contributed by atoms with Gasteiger partial charge in [0.05, 0.1) is 0 Å². The van der Waals surface area contributed by atoms with Gasteiger partial charge in [-0.05, 0) is 12.8 Å². The Morgan fingerprint density at radius 3 is 2.64 bits per heavy atom. The maximum absolute atomic E-state index is 10.6. The summed E-state index contributed by atoms with van der Waals surface area (Å²) in [6.07, 6.45) is 1.78. The second kappa shape index (κ2) is 4.41. The van der Waals surface area contributed by atoms with Crippen molar-refractivity contribution in [2.24, 2.45) is 0 Å². The van der Waals surface area contributed by atoms with Gasteiger partial charge in [0.2, 0.25) is 0 Å². The highest BCUT2D eigenvalue weighted by atomic mass is 32.1. The molecule has 2 N–H and O–H groups in total. The number of carbonyl (C=O) groups is 1. The molecule has 0 spiro atoms. The number of aliphatic carboxylic acids is 1. The number of carboxylic acids is 1. The van der Waals surface area contributed by atoms with Crippen LogP contribution >= 0.6 is 11.3 Å². The van der Waals surface area contributed by atoms with Crippen LogP contribution in [0, 0.1) is 0 Å². The van der Waals surface area contributed by atoms with Crippen LogP contribution in [0.3, 0.4) is 0 Å². The summed E-state index contributed by atoms with van der Waals surface area (Å²) in [5.41, 5.74) is 0. The third kappa shape index (κ3) is 2.70. The van der Waals surface area contributed by atoms with E-state index in [-0.39, 0.29) is 0 Å². The van der Waals surface area contributed by atoms with Crippen LogP contribution < -0.4 is 5.32 Å².